The zero-order chi connectivity index (χ0) is 13.8. The normalized spacial score (nSPS) is 12.6. The number of nitrogens with zero attached hydrogens (tertiary/aromatic N) is 1. The van der Waals surface area contributed by atoms with Crippen molar-refractivity contribution in [3.63, 3.8) is 0 Å². The van der Waals surface area contributed by atoms with Gasteiger partial charge in [0.05, 0.1) is 5.69 Å². The maximum atomic E-state index is 11.5. The fourth-order valence-electron chi connectivity index (χ4n) is 1.23. The lowest BCUT2D eigenvalue weighted by Crippen LogP contribution is -2.38. The third-order valence-electron chi connectivity index (χ3n) is 1.89. The highest BCUT2D eigenvalue weighted by atomic mass is 16.6. The summed E-state index contributed by atoms with van der Waals surface area (Å²) in [4.78, 5) is 26.5. The van der Waals surface area contributed by atoms with Gasteiger partial charge in [-0.1, -0.05) is 6.07 Å². The van der Waals surface area contributed by atoms with Crippen molar-refractivity contribution in [1.29, 1.82) is 0 Å². The van der Waals surface area contributed by atoms with Crippen LogP contribution in [0.5, 0.6) is 0 Å². The van der Waals surface area contributed by atoms with Gasteiger partial charge in [0.2, 0.25) is 0 Å². The molecule has 6 nitrogen and oxygen atoms in total. The quantitative estimate of drug-likeness (QED) is 0.855. The van der Waals surface area contributed by atoms with Crippen LogP contribution < -0.4 is 5.32 Å². The number of hydrogen-bond acceptors (Lipinski definition) is 4. The Labute approximate surface area is 105 Å². The molecular weight excluding hydrogens is 236 g/mol. The van der Waals surface area contributed by atoms with E-state index >= 15 is 0 Å². The summed E-state index contributed by atoms with van der Waals surface area (Å²) in [6.07, 6.45) is 0.669. The van der Waals surface area contributed by atoms with Crippen molar-refractivity contribution in [2.75, 3.05) is 0 Å². The van der Waals surface area contributed by atoms with Crippen molar-refractivity contribution in [1.82, 2.24) is 10.3 Å². The molecule has 0 saturated carbocycles. The first kappa shape index (κ1) is 14.0. The van der Waals surface area contributed by atoms with Crippen LogP contribution in [0.2, 0.25) is 0 Å². The predicted molar refractivity (Wildman–Crippen MR) is 64.0 cm³/mol. The van der Waals surface area contributed by atoms with Crippen LogP contribution in [0.4, 0.5) is 4.79 Å². The molecular formula is C12H16N2O4. The Kier molecular flexibility index (Phi) is 4.25. The van der Waals surface area contributed by atoms with Crippen LogP contribution in [-0.2, 0) is 9.53 Å². The van der Waals surface area contributed by atoms with Gasteiger partial charge in [-0.25, -0.2) is 9.59 Å². The van der Waals surface area contributed by atoms with Crippen LogP contribution in [0.3, 0.4) is 0 Å². The molecule has 0 bridgehead atoms. The number of carboxylic acid groups (broad SMARTS) is 1. The molecule has 6 heteroatoms. The molecule has 18 heavy (non-hydrogen) atoms. The molecule has 1 rings (SSSR count). The molecule has 1 atom stereocenters. The van der Waals surface area contributed by atoms with E-state index in [4.69, 9.17) is 9.84 Å². The molecule has 1 unspecified atom stereocenters. The number of ether oxygens (including phenoxy) is 1. The smallest absolute Gasteiger partial charge is 0.408 e. The molecule has 2 N–H and O–H groups in total. The topological polar surface area (TPSA) is 88.5 Å². The first-order valence-electron chi connectivity index (χ1n) is 5.43. The molecule has 0 spiro atoms. The van der Waals surface area contributed by atoms with Crippen LogP contribution in [0, 0.1) is 0 Å². The van der Waals surface area contributed by atoms with E-state index in [1.54, 1.807) is 32.9 Å². The zero-order valence-electron chi connectivity index (χ0n) is 10.5. The molecule has 0 saturated heterocycles. The number of hydrogen-bond donors (Lipinski definition) is 2. The highest BCUT2D eigenvalue weighted by Crippen LogP contribution is 2.12. The van der Waals surface area contributed by atoms with Gasteiger partial charge >= 0.3 is 12.1 Å². The van der Waals surface area contributed by atoms with E-state index in [-0.39, 0.29) is 5.69 Å². The molecule has 0 aromatic carbocycles. The number of aliphatic carboxylic acids is 1. The maximum Gasteiger partial charge on any atom is 0.408 e. The monoisotopic (exact) mass is 252 g/mol. The standard InChI is InChI=1S/C12H16N2O4/c1-12(2,3)18-11(17)14-9(10(15)16)8-6-4-5-7-13-8/h4-7,9H,1-3H3,(H,14,17)(H,15,16). The number of alkyl carbamates (subject to hydrolysis) is 1. The first-order valence-corrected chi connectivity index (χ1v) is 5.43. The highest BCUT2D eigenvalue weighted by Gasteiger charge is 2.26. The average Bonchev–Trinajstić information content (AvgIpc) is 2.24. The van der Waals surface area contributed by atoms with Crippen molar-refractivity contribution in [2.24, 2.45) is 0 Å². The van der Waals surface area contributed by atoms with Gasteiger partial charge in [0.1, 0.15) is 5.60 Å². The van der Waals surface area contributed by atoms with E-state index in [2.05, 4.69) is 10.3 Å². The maximum absolute atomic E-state index is 11.5. The van der Waals surface area contributed by atoms with Crippen LogP contribution >= 0.6 is 0 Å². The Balaban J connectivity index is 2.77. The second-order valence-electron chi connectivity index (χ2n) is 4.67. The summed E-state index contributed by atoms with van der Waals surface area (Å²) in [6.45, 7) is 5.09. The van der Waals surface area contributed by atoms with Crippen molar-refractivity contribution in [3.05, 3.63) is 30.1 Å². The molecule has 0 radical (unpaired) electrons. The second-order valence-corrected chi connectivity index (χ2v) is 4.67. The van der Waals surface area contributed by atoms with E-state index in [0.717, 1.165) is 0 Å². The van der Waals surface area contributed by atoms with Crippen molar-refractivity contribution >= 4 is 12.1 Å². The summed E-state index contributed by atoms with van der Waals surface area (Å²) in [5.74, 6) is -1.19. The van der Waals surface area contributed by atoms with Crippen LogP contribution in [0.15, 0.2) is 24.4 Å². The number of carbonyl (C=O) groups is 2. The lowest BCUT2D eigenvalue weighted by atomic mass is 10.2. The number of carboxylic acids is 1. The molecule has 0 fully saturated rings. The highest BCUT2D eigenvalue weighted by molar-refractivity contribution is 5.80. The second kappa shape index (κ2) is 5.48. The number of rotatable bonds is 3. The molecule has 98 valence electrons. The van der Waals surface area contributed by atoms with Gasteiger partial charge < -0.3 is 15.2 Å². The third-order valence-corrected chi connectivity index (χ3v) is 1.89. The number of carbonyl (C=O) groups excluding carboxylic acids is 1. The summed E-state index contributed by atoms with van der Waals surface area (Å²) in [5.41, 5.74) is -0.437. The Morgan fingerprint density at radius 3 is 2.50 bits per heavy atom. The fraction of sp³-hybridized carbons (Fsp3) is 0.417. The van der Waals surface area contributed by atoms with Gasteiger partial charge in [-0.3, -0.25) is 4.98 Å². The minimum absolute atomic E-state index is 0.246. The molecule has 0 aliphatic heterocycles. The van der Waals surface area contributed by atoms with E-state index in [0.29, 0.717) is 0 Å². The largest absolute Gasteiger partial charge is 0.479 e. The van der Waals surface area contributed by atoms with Gasteiger partial charge in [-0.15, -0.1) is 0 Å². The summed E-state index contributed by atoms with van der Waals surface area (Å²) < 4.78 is 5.00. The zero-order valence-corrected chi connectivity index (χ0v) is 10.5. The Hall–Kier alpha value is -2.11. The first-order chi connectivity index (χ1) is 8.29. The Morgan fingerprint density at radius 1 is 1.39 bits per heavy atom. The van der Waals surface area contributed by atoms with E-state index in [9.17, 15) is 9.59 Å². The fourth-order valence-corrected chi connectivity index (χ4v) is 1.23. The van der Waals surface area contributed by atoms with Crippen molar-refractivity contribution in [2.45, 2.75) is 32.4 Å². The van der Waals surface area contributed by atoms with Crippen LogP contribution in [0.1, 0.15) is 32.5 Å². The molecule has 1 aromatic rings. The van der Waals surface area contributed by atoms with Gasteiger partial charge in [0.25, 0.3) is 0 Å². The van der Waals surface area contributed by atoms with E-state index in [1.807, 2.05) is 0 Å². The lowest BCUT2D eigenvalue weighted by Gasteiger charge is -2.21. The average molecular weight is 252 g/mol. The van der Waals surface area contributed by atoms with E-state index < -0.39 is 23.7 Å². The van der Waals surface area contributed by atoms with Crippen molar-refractivity contribution in [3.8, 4) is 0 Å². The summed E-state index contributed by atoms with van der Waals surface area (Å²) >= 11 is 0. The number of nitrogens with one attached hydrogen (secondary N) is 1. The lowest BCUT2D eigenvalue weighted by molar-refractivity contribution is -0.139. The summed E-state index contributed by atoms with van der Waals surface area (Å²) in [5, 5.41) is 11.3. The Bertz CT molecular complexity index is 425. The van der Waals surface area contributed by atoms with Crippen molar-refractivity contribution < 1.29 is 19.4 Å². The minimum Gasteiger partial charge on any atom is -0.479 e. The summed E-state index contributed by atoms with van der Waals surface area (Å²) in [6, 6.07) is 3.61. The summed E-state index contributed by atoms with van der Waals surface area (Å²) in [7, 11) is 0. The Morgan fingerprint density at radius 2 is 2.06 bits per heavy atom. The molecule has 0 aliphatic rings. The minimum atomic E-state index is -1.22. The van der Waals surface area contributed by atoms with Gasteiger partial charge in [-0.05, 0) is 32.9 Å². The number of aromatic nitrogens is 1. The van der Waals surface area contributed by atoms with E-state index in [1.165, 1.54) is 12.3 Å². The van der Waals surface area contributed by atoms with Gasteiger partial charge in [0.15, 0.2) is 6.04 Å². The molecule has 1 amide bonds. The van der Waals surface area contributed by atoms with Crippen LogP contribution in [-0.4, -0.2) is 27.8 Å². The third kappa shape index (κ3) is 4.40. The number of pyridine rings is 1. The molecule has 1 aromatic heterocycles. The van der Waals surface area contributed by atoms with Gasteiger partial charge in [-0.2, -0.15) is 0 Å². The van der Waals surface area contributed by atoms with Crippen LogP contribution in [0.25, 0.3) is 0 Å². The molecule has 0 aliphatic carbocycles. The molecule has 1 heterocycles. The number of amides is 1. The predicted octanol–water partition coefficient (Wildman–Crippen LogP) is 1.73. The SMILES string of the molecule is CC(C)(C)OC(=O)NC(C(=O)O)c1ccccn1. The van der Waals surface area contributed by atoms with Gasteiger partial charge in [0, 0.05) is 6.20 Å².